The summed E-state index contributed by atoms with van der Waals surface area (Å²) in [5, 5.41) is 4.20. The van der Waals surface area contributed by atoms with Crippen LogP contribution in [0, 0.1) is 0 Å². The van der Waals surface area contributed by atoms with Crippen LogP contribution in [0.5, 0.6) is 0 Å². The Kier molecular flexibility index (Phi) is 3.80. The molecule has 2 aromatic rings. The Labute approximate surface area is 114 Å². The van der Waals surface area contributed by atoms with Gasteiger partial charge in [-0.25, -0.2) is 0 Å². The lowest BCUT2D eigenvalue weighted by Gasteiger charge is -2.17. The van der Waals surface area contributed by atoms with Gasteiger partial charge in [-0.15, -0.1) is 0 Å². The number of hydrogen-bond acceptors (Lipinski definition) is 3. The van der Waals surface area contributed by atoms with Crippen LogP contribution in [0.4, 0.5) is 13.2 Å². The van der Waals surface area contributed by atoms with Crippen LogP contribution < -0.4 is 5.73 Å². The molecule has 0 amide bonds. The maximum absolute atomic E-state index is 13.0. The topological polar surface area (TPSA) is 56.7 Å². The number of hydrogen-bond donors (Lipinski definition) is 1. The molecule has 0 aliphatic heterocycles. The van der Waals surface area contributed by atoms with Crippen molar-refractivity contribution in [3.05, 3.63) is 47.0 Å². The average molecular weight is 284 g/mol. The van der Waals surface area contributed by atoms with Crippen LogP contribution >= 0.6 is 0 Å². The smallest absolute Gasteiger partial charge is 0.319 e. The normalized spacial score (nSPS) is 13.5. The number of rotatable bonds is 3. The van der Waals surface area contributed by atoms with E-state index in [4.69, 9.17) is 5.73 Å². The Bertz CT molecular complexity index is 604. The minimum atomic E-state index is -4.46. The van der Waals surface area contributed by atoms with Gasteiger partial charge >= 0.3 is 6.18 Å². The minimum absolute atomic E-state index is 0.0503. The third-order valence-electron chi connectivity index (χ3n) is 3.14. The fraction of sp³-hybridized carbons (Fsp3) is 0.385. The number of nitrogens with two attached hydrogens (primary N) is 1. The summed E-state index contributed by atoms with van der Waals surface area (Å²) in [5.74, 6) is 0. The Morgan fingerprint density at radius 2 is 2.10 bits per heavy atom. The number of pyridine rings is 1. The van der Waals surface area contributed by atoms with Crippen LogP contribution in [-0.4, -0.2) is 14.8 Å². The first kappa shape index (κ1) is 14.5. The monoisotopic (exact) mass is 284 g/mol. The Hall–Kier alpha value is -1.89. The highest BCUT2D eigenvalue weighted by molar-refractivity contribution is 5.34. The van der Waals surface area contributed by atoms with E-state index < -0.39 is 17.8 Å². The Morgan fingerprint density at radius 3 is 2.65 bits per heavy atom. The van der Waals surface area contributed by atoms with Crippen molar-refractivity contribution in [3.8, 4) is 0 Å². The van der Waals surface area contributed by atoms with Crippen LogP contribution in [0.15, 0.2) is 24.5 Å². The van der Waals surface area contributed by atoms with Gasteiger partial charge in [0.25, 0.3) is 0 Å². The van der Waals surface area contributed by atoms with E-state index in [1.807, 2.05) is 6.92 Å². The predicted molar refractivity (Wildman–Crippen MR) is 67.9 cm³/mol. The van der Waals surface area contributed by atoms with Gasteiger partial charge in [-0.2, -0.15) is 18.3 Å². The van der Waals surface area contributed by atoms with Gasteiger partial charge in [-0.05, 0) is 18.6 Å². The minimum Gasteiger partial charge on any atom is -0.319 e. The molecule has 0 saturated heterocycles. The molecule has 0 aromatic carbocycles. The first-order chi connectivity index (χ1) is 9.34. The second-order valence-electron chi connectivity index (χ2n) is 4.48. The molecule has 1 atom stereocenters. The zero-order valence-corrected chi connectivity index (χ0v) is 11.1. The van der Waals surface area contributed by atoms with E-state index in [-0.39, 0.29) is 5.56 Å². The summed E-state index contributed by atoms with van der Waals surface area (Å²) < 4.78 is 40.5. The highest BCUT2D eigenvalue weighted by Crippen LogP contribution is 2.35. The summed E-state index contributed by atoms with van der Waals surface area (Å²) in [7, 11) is 1.66. The lowest BCUT2D eigenvalue weighted by atomic mass is 10.0. The third kappa shape index (κ3) is 2.67. The maximum atomic E-state index is 13.0. The summed E-state index contributed by atoms with van der Waals surface area (Å²) in [5.41, 5.74) is 6.48. The molecule has 0 bridgehead atoms. The first-order valence-corrected chi connectivity index (χ1v) is 6.14. The highest BCUT2D eigenvalue weighted by atomic mass is 19.4. The summed E-state index contributed by atoms with van der Waals surface area (Å²) in [6.07, 6.45) is -1.49. The summed E-state index contributed by atoms with van der Waals surface area (Å²) >= 11 is 0. The number of halogens is 3. The molecule has 2 heterocycles. The molecule has 20 heavy (non-hydrogen) atoms. The maximum Gasteiger partial charge on any atom is 0.416 e. The van der Waals surface area contributed by atoms with Crippen molar-refractivity contribution in [3.63, 3.8) is 0 Å². The average Bonchev–Trinajstić information content (AvgIpc) is 2.78. The molecule has 0 spiro atoms. The molecule has 0 saturated carbocycles. The van der Waals surface area contributed by atoms with Gasteiger partial charge in [0.15, 0.2) is 0 Å². The molecule has 1 unspecified atom stereocenters. The number of aryl methyl sites for hydroxylation is 2. The van der Waals surface area contributed by atoms with Crippen LogP contribution in [0.3, 0.4) is 0 Å². The fourth-order valence-electron chi connectivity index (χ4n) is 2.08. The predicted octanol–water partition coefficient (Wildman–Crippen LogP) is 2.44. The number of alkyl halides is 3. The van der Waals surface area contributed by atoms with E-state index in [0.717, 1.165) is 24.2 Å². The van der Waals surface area contributed by atoms with Crippen LogP contribution in [-0.2, 0) is 19.6 Å². The molecule has 2 rings (SSSR count). The van der Waals surface area contributed by atoms with Gasteiger partial charge in [0, 0.05) is 25.0 Å². The van der Waals surface area contributed by atoms with E-state index in [9.17, 15) is 13.2 Å². The van der Waals surface area contributed by atoms with Gasteiger partial charge < -0.3 is 5.73 Å². The van der Waals surface area contributed by atoms with Gasteiger partial charge in [-0.1, -0.05) is 6.92 Å². The van der Waals surface area contributed by atoms with Crippen LogP contribution in [0.1, 0.15) is 35.5 Å². The van der Waals surface area contributed by atoms with E-state index in [1.54, 1.807) is 13.1 Å². The molecule has 0 fully saturated rings. The fourth-order valence-corrected chi connectivity index (χ4v) is 2.08. The molecule has 2 N–H and O–H groups in total. The lowest BCUT2D eigenvalue weighted by molar-refractivity contribution is -0.138. The SMILES string of the molecule is CCc1cc(C(N)c2cnccc2C(F)(F)F)n(C)n1. The first-order valence-electron chi connectivity index (χ1n) is 6.14. The number of nitrogens with zero attached hydrogens (tertiary/aromatic N) is 3. The highest BCUT2D eigenvalue weighted by Gasteiger charge is 2.35. The molecule has 0 aliphatic rings. The van der Waals surface area contributed by atoms with E-state index in [2.05, 4.69) is 10.1 Å². The quantitative estimate of drug-likeness (QED) is 0.941. The summed E-state index contributed by atoms with van der Waals surface area (Å²) in [6, 6.07) is 1.74. The molecule has 0 radical (unpaired) electrons. The molecule has 7 heteroatoms. The lowest BCUT2D eigenvalue weighted by Crippen LogP contribution is -2.21. The van der Waals surface area contributed by atoms with E-state index in [0.29, 0.717) is 12.1 Å². The summed E-state index contributed by atoms with van der Waals surface area (Å²) in [6.45, 7) is 1.92. The van der Waals surface area contributed by atoms with Crippen molar-refractivity contribution in [1.29, 1.82) is 0 Å². The van der Waals surface area contributed by atoms with Crippen molar-refractivity contribution in [2.45, 2.75) is 25.6 Å². The van der Waals surface area contributed by atoms with Crippen molar-refractivity contribution in [2.75, 3.05) is 0 Å². The molecule has 108 valence electrons. The molecule has 0 aliphatic carbocycles. The zero-order chi connectivity index (χ0) is 14.9. The standard InChI is InChI=1S/C13H15F3N4/c1-3-8-6-11(20(2)19-8)12(17)9-7-18-5-4-10(9)13(14,15)16/h4-7,12H,3,17H2,1-2H3. The Morgan fingerprint density at radius 1 is 1.40 bits per heavy atom. The largest absolute Gasteiger partial charge is 0.416 e. The van der Waals surface area contributed by atoms with E-state index >= 15 is 0 Å². The van der Waals surface area contributed by atoms with E-state index in [1.165, 1.54) is 4.68 Å². The second kappa shape index (κ2) is 5.24. The second-order valence-corrected chi connectivity index (χ2v) is 4.48. The van der Waals surface area contributed by atoms with Crippen molar-refractivity contribution in [2.24, 2.45) is 12.8 Å². The van der Waals surface area contributed by atoms with Gasteiger partial charge in [0.05, 0.1) is 23.0 Å². The van der Waals surface area contributed by atoms with Crippen molar-refractivity contribution < 1.29 is 13.2 Å². The zero-order valence-electron chi connectivity index (χ0n) is 11.1. The van der Waals surface area contributed by atoms with Gasteiger partial charge in [0.1, 0.15) is 0 Å². The molecular weight excluding hydrogens is 269 g/mol. The van der Waals surface area contributed by atoms with Crippen molar-refractivity contribution in [1.82, 2.24) is 14.8 Å². The number of aromatic nitrogens is 3. The third-order valence-corrected chi connectivity index (χ3v) is 3.14. The van der Waals surface area contributed by atoms with Gasteiger partial charge in [-0.3, -0.25) is 9.67 Å². The van der Waals surface area contributed by atoms with Crippen molar-refractivity contribution >= 4 is 0 Å². The summed E-state index contributed by atoms with van der Waals surface area (Å²) in [4.78, 5) is 3.75. The molecule has 2 aromatic heterocycles. The Balaban J connectivity index is 2.48. The van der Waals surface area contributed by atoms with Gasteiger partial charge in [0.2, 0.25) is 0 Å². The molecular formula is C13H15F3N4. The van der Waals surface area contributed by atoms with Crippen LogP contribution in [0.25, 0.3) is 0 Å². The van der Waals surface area contributed by atoms with Crippen LogP contribution in [0.2, 0.25) is 0 Å². The molecule has 4 nitrogen and oxygen atoms in total.